The first-order valence-electron chi connectivity index (χ1n) is 8.53. The number of pyridine rings is 1. The van der Waals surface area contributed by atoms with Crippen LogP contribution in [0.25, 0.3) is 5.65 Å². The van der Waals surface area contributed by atoms with Crippen LogP contribution in [0.5, 0.6) is 0 Å². The number of aromatic nitrogens is 2. The third-order valence-electron chi connectivity index (χ3n) is 5.06. The first kappa shape index (κ1) is 16.0. The monoisotopic (exact) mass is 314 g/mol. The molecule has 1 aliphatic carbocycles. The highest BCUT2D eigenvalue weighted by Gasteiger charge is 2.33. The van der Waals surface area contributed by atoms with Crippen LogP contribution in [0.4, 0.5) is 0 Å². The second-order valence-corrected chi connectivity index (χ2v) is 7.72. The van der Waals surface area contributed by atoms with Crippen molar-refractivity contribution in [3.05, 3.63) is 36.3 Å². The zero-order chi connectivity index (χ0) is 16.4. The number of rotatable bonds is 3. The van der Waals surface area contributed by atoms with Gasteiger partial charge in [-0.2, -0.15) is 0 Å². The Bertz CT molecular complexity index is 643. The van der Waals surface area contributed by atoms with Crippen molar-refractivity contribution in [2.45, 2.75) is 53.1 Å². The minimum atomic E-state index is -0.0607. The highest BCUT2D eigenvalue weighted by molar-refractivity contribution is 5.72. The van der Waals surface area contributed by atoms with Crippen molar-refractivity contribution in [1.29, 1.82) is 0 Å². The molecule has 0 aliphatic heterocycles. The lowest BCUT2D eigenvalue weighted by Crippen LogP contribution is -2.29. The van der Waals surface area contributed by atoms with Crippen LogP contribution in [0.1, 0.15) is 52.1 Å². The van der Waals surface area contributed by atoms with Crippen LogP contribution in [-0.2, 0) is 16.1 Å². The van der Waals surface area contributed by atoms with Gasteiger partial charge in [-0.25, -0.2) is 4.98 Å². The van der Waals surface area contributed by atoms with E-state index in [1.807, 2.05) is 35.0 Å². The van der Waals surface area contributed by atoms with Gasteiger partial charge in [-0.3, -0.25) is 4.79 Å². The molecular weight excluding hydrogens is 288 g/mol. The molecular formula is C19H26N2O2. The van der Waals surface area contributed by atoms with Gasteiger partial charge >= 0.3 is 5.97 Å². The molecule has 0 unspecified atom stereocenters. The number of nitrogens with zero attached hydrogens (tertiary/aromatic N) is 2. The molecule has 2 heterocycles. The maximum absolute atomic E-state index is 12.3. The standard InChI is InChI=1S/C19H26N2O2/c1-19(2,3)15-9-7-14(8-10-15)18(22)23-13-16-12-21-11-5-4-6-17(21)20-16/h4-6,11-12,14-15H,7-10,13H2,1-3H3. The zero-order valence-electron chi connectivity index (χ0n) is 14.3. The van der Waals surface area contributed by atoms with E-state index < -0.39 is 0 Å². The molecule has 0 atom stereocenters. The van der Waals surface area contributed by atoms with Crippen molar-refractivity contribution in [2.75, 3.05) is 0 Å². The topological polar surface area (TPSA) is 43.6 Å². The molecule has 0 spiro atoms. The van der Waals surface area contributed by atoms with Crippen molar-refractivity contribution in [3.63, 3.8) is 0 Å². The molecule has 0 saturated heterocycles. The van der Waals surface area contributed by atoms with Gasteiger partial charge in [0.15, 0.2) is 0 Å². The second kappa shape index (κ2) is 6.34. The third kappa shape index (κ3) is 3.74. The fraction of sp³-hybridized carbons (Fsp3) is 0.579. The van der Waals surface area contributed by atoms with E-state index >= 15 is 0 Å². The number of fused-ring (bicyclic) bond motifs is 1. The van der Waals surface area contributed by atoms with E-state index in [9.17, 15) is 4.79 Å². The van der Waals surface area contributed by atoms with E-state index in [4.69, 9.17) is 4.74 Å². The van der Waals surface area contributed by atoms with Crippen LogP contribution in [0.15, 0.2) is 30.6 Å². The number of carbonyl (C=O) groups is 1. The number of esters is 1. The Morgan fingerprint density at radius 3 is 2.65 bits per heavy atom. The Balaban J connectivity index is 1.52. The summed E-state index contributed by atoms with van der Waals surface area (Å²) < 4.78 is 7.45. The summed E-state index contributed by atoms with van der Waals surface area (Å²) in [7, 11) is 0. The minimum absolute atomic E-state index is 0.0607. The maximum atomic E-state index is 12.3. The molecule has 2 aromatic heterocycles. The van der Waals surface area contributed by atoms with Crippen LogP contribution >= 0.6 is 0 Å². The Kier molecular flexibility index (Phi) is 4.42. The zero-order valence-corrected chi connectivity index (χ0v) is 14.3. The van der Waals surface area contributed by atoms with Gasteiger partial charge in [0, 0.05) is 12.4 Å². The van der Waals surface area contributed by atoms with Gasteiger partial charge in [0.1, 0.15) is 12.3 Å². The molecule has 0 aromatic carbocycles. The summed E-state index contributed by atoms with van der Waals surface area (Å²) in [6, 6.07) is 5.85. The minimum Gasteiger partial charge on any atom is -0.459 e. The molecule has 0 N–H and O–H groups in total. The molecule has 0 bridgehead atoms. The van der Waals surface area contributed by atoms with Crippen LogP contribution < -0.4 is 0 Å². The summed E-state index contributed by atoms with van der Waals surface area (Å²) in [5.41, 5.74) is 2.02. The predicted octanol–water partition coefficient (Wildman–Crippen LogP) is 4.23. The first-order valence-corrected chi connectivity index (χ1v) is 8.53. The van der Waals surface area contributed by atoms with E-state index in [-0.39, 0.29) is 18.5 Å². The van der Waals surface area contributed by atoms with Gasteiger partial charge in [0.25, 0.3) is 0 Å². The van der Waals surface area contributed by atoms with Gasteiger partial charge in [0.2, 0.25) is 0 Å². The molecule has 1 fully saturated rings. The lowest BCUT2D eigenvalue weighted by molar-refractivity contribution is -0.151. The molecule has 3 rings (SSSR count). The quantitative estimate of drug-likeness (QED) is 0.796. The van der Waals surface area contributed by atoms with E-state index in [0.29, 0.717) is 11.3 Å². The normalized spacial score (nSPS) is 22.2. The Hall–Kier alpha value is -1.84. The lowest BCUT2D eigenvalue weighted by Gasteiger charge is -2.36. The highest BCUT2D eigenvalue weighted by Crippen LogP contribution is 2.40. The number of hydrogen-bond donors (Lipinski definition) is 0. The molecule has 0 amide bonds. The third-order valence-corrected chi connectivity index (χ3v) is 5.06. The van der Waals surface area contributed by atoms with Crippen LogP contribution in [0.2, 0.25) is 0 Å². The van der Waals surface area contributed by atoms with Gasteiger partial charge in [-0.1, -0.05) is 26.8 Å². The molecule has 0 radical (unpaired) electrons. The molecule has 23 heavy (non-hydrogen) atoms. The summed E-state index contributed by atoms with van der Waals surface area (Å²) in [5, 5.41) is 0. The van der Waals surface area contributed by atoms with Gasteiger partial charge in [-0.15, -0.1) is 0 Å². The number of ether oxygens (including phenoxy) is 1. The smallest absolute Gasteiger partial charge is 0.309 e. The highest BCUT2D eigenvalue weighted by atomic mass is 16.5. The Morgan fingerprint density at radius 2 is 2.00 bits per heavy atom. The number of hydrogen-bond acceptors (Lipinski definition) is 3. The summed E-state index contributed by atoms with van der Waals surface area (Å²) in [4.78, 5) is 16.7. The molecule has 4 nitrogen and oxygen atoms in total. The van der Waals surface area contributed by atoms with Crippen LogP contribution in [0, 0.1) is 17.3 Å². The molecule has 1 aliphatic rings. The molecule has 1 saturated carbocycles. The molecule has 124 valence electrons. The fourth-order valence-electron chi connectivity index (χ4n) is 3.51. The molecule has 2 aromatic rings. The lowest BCUT2D eigenvalue weighted by atomic mass is 9.70. The van der Waals surface area contributed by atoms with Crippen LogP contribution in [0.3, 0.4) is 0 Å². The maximum Gasteiger partial charge on any atom is 0.309 e. The summed E-state index contributed by atoms with van der Waals surface area (Å²) in [5.74, 6) is 0.713. The van der Waals surface area contributed by atoms with E-state index in [2.05, 4.69) is 25.8 Å². The van der Waals surface area contributed by atoms with Crippen molar-refractivity contribution in [3.8, 4) is 0 Å². The van der Waals surface area contributed by atoms with Gasteiger partial charge < -0.3 is 9.14 Å². The van der Waals surface area contributed by atoms with Gasteiger partial charge in [0.05, 0.1) is 11.6 Å². The summed E-state index contributed by atoms with van der Waals surface area (Å²) in [6.07, 6.45) is 8.01. The summed E-state index contributed by atoms with van der Waals surface area (Å²) in [6.45, 7) is 7.14. The van der Waals surface area contributed by atoms with E-state index in [0.717, 1.165) is 37.0 Å². The van der Waals surface area contributed by atoms with Crippen molar-refractivity contribution in [1.82, 2.24) is 9.38 Å². The van der Waals surface area contributed by atoms with Crippen molar-refractivity contribution in [2.24, 2.45) is 17.3 Å². The van der Waals surface area contributed by atoms with Gasteiger partial charge in [-0.05, 0) is 49.1 Å². The Labute approximate surface area is 137 Å². The molecule has 4 heteroatoms. The average molecular weight is 314 g/mol. The van der Waals surface area contributed by atoms with E-state index in [1.54, 1.807) is 0 Å². The van der Waals surface area contributed by atoms with Crippen molar-refractivity contribution < 1.29 is 9.53 Å². The SMILES string of the molecule is CC(C)(C)C1CCC(C(=O)OCc2cn3ccccc3n2)CC1. The van der Waals surface area contributed by atoms with Crippen molar-refractivity contribution >= 4 is 11.6 Å². The summed E-state index contributed by atoms with van der Waals surface area (Å²) >= 11 is 0. The average Bonchev–Trinajstić information content (AvgIpc) is 2.95. The predicted molar refractivity (Wildman–Crippen MR) is 89.9 cm³/mol. The number of carbonyl (C=O) groups excluding carboxylic acids is 1. The van der Waals surface area contributed by atoms with E-state index in [1.165, 1.54) is 0 Å². The fourth-order valence-corrected chi connectivity index (χ4v) is 3.51. The largest absolute Gasteiger partial charge is 0.459 e. The van der Waals surface area contributed by atoms with Crippen LogP contribution in [-0.4, -0.2) is 15.4 Å². The Morgan fingerprint density at radius 1 is 1.26 bits per heavy atom. The number of imidazole rings is 1. The second-order valence-electron chi connectivity index (χ2n) is 7.72. The first-order chi connectivity index (χ1) is 10.9.